The molecular weight excluding hydrogens is 319 g/mol. The molecule has 0 spiro atoms. The van der Waals surface area contributed by atoms with E-state index < -0.39 is 0 Å². The third kappa shape index (κ3) is 4.03. The fourth-order valence-electron chi connectivity index (χ4n) is 3.37. The molecule has 0 aromatic heterocycles. The second kappa shape index (κ2) is 7.53. The van der Waals surface area contributed by atoms with Crippen molar-refractivity contribution in [3.63, 3.8) is 0 Å². The van der Waals surface area contributed by atoms with Crippen LogP contribution < -0.4 is 11.3 Å². The average molecular weight is 343 g/mol. The molecule has 1 aliphatic carbocycles. The van der Waals surface area contributed by atoms with Crippen LogP contribution in [0.25, 0.3) is 0 Å². The Labute approximate surface area is 129 Å². The molecule has 2 nitrogen and oxygen atoms in total. The van der Waals surface area contributed by atoms with E-state index in [0.29, 0.717) is 12.3 Å². The zero-order chi connectivity index (χ0) is 14.5. The molecule has 4 heteroatoms. The SMILES string of the molecule is CCC1CCCC(C(Cc2cc(Br)ccc2F)NN)C1. The predicted octanol–water partition coefficient (Wildman–Crippen LogP) is 4.18. The summed E-state index contributed by atoms with van der Waals surface area (Å²) in [6, 6.07) is 5.27. The summed E-state index contributed by atoms with van der Waals surface area (Å²) in [5, 5.41) is 0. The third-order valence-electron chi connectivity index (χ3n) is 4.63. The van der Waals surface area contributed by atoms with Crippen LogP contribution in [-0.4, -0.2) is 6.04 Å². The molecule has 3 atom stereocenters. The summed E-state index contributed by atoms with van der Waals surface area (Å²) in [4.78, 5) is 0. The summed E-state index contributed by atoms with van der Waals surface area (Å²) in [5.74, 6) is 6.96. The monoisotopic (exact) mass is 342 g/mol. The number of halogens is 2. The van der Waals surface area contributed by atoms with E-state index >= 15 is 0 Å². The minimum absolute atomic E-state index is 0.142. The van der Waals surface area contributed by atoms with E-state index in [0.717, 1.165) is 16.0 Å². The molecule has 0 amide bonds. The van der Waals surface area contributed by atoms with Crippen molar-refractivity contribution < 1.29 is 4.39 Å². The van der Waals surface area contributed by atoms with Crippen molar-refractivity contribution in [1.29, 1.82) is 0 Å². The van der Waals surface area contributed by atoms with Crippen molar-refractivity contribution >= 4 is 15.9 Å². The van der Waals surface area contributed by atoms with Crippen LogP contribution in [0.3, 0.4) is 0 Å². The van der Waals surface area contributed by atoms with E-state index in [2.05, 4.69) is 28.3 Å². The molecule has 0 radical (unpaired) electrons. The van der Waals surface area contributed by atoms with E-state index in [-0.39, 0.29) is 11.9 Å². The minimum atomic E-state index is -0.142. The molecule has 0 heterocycles. The molecule has 112 valence electrons. The molecule has 2 rings (SSSR count). The van der Waals surface area contributed by atoms with Crippen molar-refractivity contribution in [2.75, 3.05) is 0 Å². The van der Waals surface area contributed by atoms with E-state index in [1.165, 1.54) is 38.2 Å². The van der Waals surface area contributed by atoms with Crippen LogP contribution in [0, 0.1) is 17.7 Å². The van der Waals surface area contributed by atoms with Gasteiger partial charge in [0.25, 0.3) is 0 Å². The number of nitrogens with one attached hydrogen (secondary N) is 1. The molecule has 3 N–H and O–H groups in total. The summed E-state index contributed by atoms with van der Waals surface area (Å²) >= 11 is 3.41. The highest BCUT2D eigenvalue weighted by Gasteiger charge is 2.27. The fourth-order valence-corrected chi connectivity index (χ4v) is 3.78. The highest BCUT2D eigenvalue weighted by atomic mass is 79.9. The van der Waals surface area contributed by atoms with E-state index in [1.807, 2.05) is 6.07 Å². The molecule has 0 bridgehead atoms. The average Bonchev–Trinajstić information content (AvgIpc) is 2.48. The number of hydrazine groups is 1. The highest BCUT2D eigenvalue weighted by Crippen LogP contribution is 2.34. The second-order valence-electron chi connectivity index (χ2n) is 5.91. The smallest absolute Gasteiger partial charge is 0.126 e. The summed E-state index contributed by atoms with van der Waals surface area (Å²) in [6.45, 7) is 2.26. The van der Waals surface area contributed by atoms with Crippen LogP contribution in [0.4, 0.5) is 4.39 Å². The maximum atomic E-state index is 13.9. The Bertz CT molecular complexity index is 438. The Morgan fingerprint density at radius 1 is 1.45 bits per heavy atom. The lowest BCUT2D eigenvalue weighted by molar-refractivity contribution is 0.207. The number of benzene rings is 1. The van der Waals surface area contributed by atoms with E-state index in [1.54, 1.807) is 6.07 Å². The number of hydrogen-bond acceptors (Lipinski definition) is 2. The lowest BCUT2D eigenvalue weighted by Gasteiger charge is -2.34. The van der Waals surface area contributed by atoms with Gasteiger partial charge in [-0.15, -0.1) is 0 Å². The lowest BCUT2D eigenvalue weighted by atomic mass is 9.75. The van der Waals surface area contributed by atoms with Gasteiger partial charge in [-0.2, -0.15) is 0 Å². The number of rotatable bonds is 5. The molecule has 1 saturated carbocycles. The first kappa shape index (κ1) is 15.9. The van der Waals surface area contributed by atoms with Gasteiger partial charge in [-0.1, -0.05) is 42.1 Å². The number of nitrogens with two attached hydrogens (primary N) is 1. The van der Waals surface area contributed by atoms with Crippen LogP contribution in [-0.2, 0) is 6.42 Å². The van der Waals surface area contributed by atoms with Gasteiger partial charge >= 0.3 is 0 Å². The minimum Gasteiger partial charge on any atom is -0.271 e. The lowest BCUT2D eigenvalue weighted by Crippen LogP contribution is -2.44. The molecule has 3 unspecified atom stereocenters. The topological polar surface area (TPSA) is 38.0 Å². The molecule has 20 heavy (non-hydrogen) atoms. The number of hydrogen-bond donors (Lipinski definition) is 2. The fraction of sp³-hybridized carbons (Fsp3) is 0.625. The predicted molar refractivity (Wildman–Crippen MR) is 84.7 cm³/mol. The van der Waals surface area contributed by atoms with Gasteiger partial charge in [0, 0.05) is 10.5 Å². The van der Waals surface area contributed by atoms with E-state index in [4.69, 9.17) is 5.84 Å². The first-order valence-corrected chi connectivity index (χ1v) is 8.33. The summed E-state index contributed by atoms with van der Waals surface area (Å²) < 4.78 is 14.8. The zero-order valence-electron chi connectivity index (χ0n) is 12.0. The second-order valence-corrected chi connectivity index (χ2v) is 6.83. The normalized spacial score (nSPS) is 24.6. The third-order valence-corrected chi connectivity index (χ3v) is 5.12. The van der Waals surface area contributed by atoms with Gasteiger partial charge in [-0.3, -0.25) is 11.3 Å². The van der Waals surface area contributed by atoms with Crippen molar-refractivity contribution in [1.82, 2.24) is 5.43 Å². The molecule has 1 aromatic carbocycles. The Balaban J connectivity index is 2.06. The Kier molecular flexibility index (Phi) is 6.00. The maximum absolute atomic E-state index is 13.9. The molecule has 1 aliphatic rings. The standard InChI is InChI=1S/C16H24BrFN2/c1-2-11-4-3-5-12(8-11)16(20-19)10-13-9-14(17)6-7-15(13)18/h6-7,9,11-12,16,20H,2-5,8,10,19H2,1H3. The van der Waals surface area contributed by atoms with Crippen molar-refractivity contribution in [2.24, 2.45) is 17.7 Å². The zero-order valence-corrected chi connectivity index (χ0v) is 13.6. The van der Waals surface area contributed by atoms with Crippen LogP contribution in [0.15, 0.2) is 22.7 Å². The van der Waals surface area contributed by atoms with Gasteiger partial charge in [0.2, 0.25) is 0 Å². The quantitative estimate of drug-likeness (QED) is 0.622. The van der Waals surface area contributed by atoms with Gasteiger partial charge in [-0.25, -0.2) is 4.39 Å². The van der Waals surface area contributed by atoms with E-state index in [9.17, 15) is 4.39 Å². The maximum Gasteiger partial charge on any atom is 0.126 e. The van der Waals surface area contributed by atoms with Gasteiger partial charge in [0.15, 0.2) is 0 Å². The first-order chi connectivity index (χ1) is 9.63. The van der Waals surface area contributed by atoms with Gasteiger partial charge in [0.05, 0.1) is 0 Å². The van der Waals surface area contributed by atoms with Crippen LogP contribution in [0.1, 0.15) is 44.6 Å². The highest BCUT2D eigenvalue weighted by molar-refractivity contribution is 9.10. The van der Waals surface area contributed by atoms with Crippen LogP contribution >= 0.6 is 15.9 Å². The van der Waals surface area contributed by atoms with Crippen LogP contribution in [0.2, 0.25) is 0 Å². The van der Waals surface area contributed by atoms with Crippen molar-refractivity contribution in [2.45, 2.75) is 51.5 Å². The molecule has 0 saturated heterocycles. The Morgan fingerprint density at radius 2 is 2.25 bits per heavy atom. The molecule has 0 aliphatic heterocycles. The van der Waals surface area contributed by atoms with Crippen LogP contribution in [0.5, 0.6) is 0 Å². The largest absolute Gasteiger partial charge is 0.271 e. The molecular formula is C16H24BrFN2. The molecule has 1 aromatic rings. The summed E-state index contributed by atoms with van der Waals surface area (Å²) in [7, 11) is 0. The van der Waals surface area contributed by atoms with Gasteiger partial charge < -0.3 is 0 Å². The first-order valence-electron chi connectivity index (χ1n) is 7.54. The summed E-state index contributed by atoms with van der Waals surface area (Å²) in [5.41, 5.74) is 3.67. The summed E-state index contributed by atoms with van der Waals surface area (Å²) in [6.07, 6.45) is 6.89. The van der Waals surface area contributed by atoms with Gasteiger partial charge in [-0.05, 0) is 54.9 Å². The molecule has 1 fully saturated rings. The Hall–Kier alpha value is -0.450. The Morgan fingerprint density at radius 3 is 2.95 bits per heavy atom. The van der Waals surface area contributed by atoms with Gasteiger partial charge in [0.1, 0.15) is 5.82 Å². The van der Waals surface area contributed by atoms with Crippen molar-refractivity contribution in [3.05, 3.63) is 34.1 Å². The van der Waals surface area contributed by atoms with Crippen molar-refractivity contribution in [3.8, 4) is 0 Å².